The van der Waals surface area contributed by atoms with Crippen LogP contribution in [0.5, 0.6) is 23.0 Å². The molecule has 0 aliphatic carbocycles. The van der Waals surface area contributed by atoms with E-state index in [-0.39, 0.29) is 0 Å². The lowest BCUT2D eigenvalue weighted by Crippen LogP contribution is -2.30. The Hall–Kier alpha value is -2.69. The molecule has 21 heavy (non-hydrogen) atoms. The number of aryl methyl sites for hydroxylation is 1. The largest absolute Gasteiger partial charge is 0.463 e. The molecule has 5 nitrogen and oxygen atoms in total. The molecule has 0 bridgehead atoms. The molecule has 0 radical (unpaired) electrons. The van der Waals surface area contributed by atoms with Gasteiger partial charge in [-0.3, -0.25) is 0 Å². The number of ether oxygens (including phenoxy) is 4. The Balaban J connectivity index is 1.80. The van der Waals surface area contributed by atoms with Crippen molar-refractivity contribution in [1.82, 2.24) is 0 Å². The van der Waals surface area contributed by atoms with Gasteiger partial charge < -0.3 is 18.9 Å². The van der Waals surface area contributed by atoms with E-state index < -0.39 is 12.3 Å². The molecule has 0 unspecified atom stereocenters. The van der Waals surface area contributed by atoms with E-state index in [1.807, 2.05) is 31.2 Å². The lowest BCUT2D eigenvalue weighted by Gasteiger charge is -2.08. The smallest absolute Gasteiger partial charge is 0.389 e. The molecule has 1 atom stereocenters. The summed E-state index contributed by atoms with van der Waals surface area (Å²) in [5, 5.41) is 0. The van der Waals surface area contributed by atoms with Crippen LogP contribution in [0.4, 0.5) is 0 Å². The molecule has 2 aromatic carbocycles. The number of para-hydroxylation sites is 1. The van der Waals surface area contributed by atoms with Gasteiger partial charge in [-0.05, 0) is 30.7 Å². The van der Waals surface area contributed by atoms with Gasteiger partial charge in [0, 0.05) is 6.07 Å². The van der Waals surface area contributed by atoms with Gasteiger partial charge in [-0.1, -0.05) is 18.2 Å². The van der Waals surface area contributed by atoms with E-state index in [2.05, 4.69) is 4.74 Å². The Bertz CT molecular complexity index is 680. The highest BCUT2D eigenvalue weighted by Gasteiger charge is 2.32. The van der Waals surface area contributed by atoms with Crippen LogP contribution < -0.4 is 14.2 Å². The van der Waals surface area contributed by atoms with Crippen LogP contribution in [0.3, 0.4) is 0 Å². The molecule has 0 saturated carbocycles. The van der Waals surface area contributed by atoms with E-state index in [1.54, 1.807) is 18.2 Å². The first-order valence-electron chi connectivity index (χ1n) is 6.46. The standard InChI is InChI=1S/C16H14O5/c1-10-5-3-4-6-12(10)19-11-7-8-13-14(9-11)21-16(20-13)15(17)18-2/h3-9,16H,1-2H3/t16-/m0/s1. The zero-order chi connectivity index (χ0) is 14.8. The fraction of sp³-hybridized carbons (Fsp3) is 0.188. The number of carbonyl (C=O) groups excluding carboxylic acids is 1. The third kappa shape index (κ3) is 2.63. The summed E-state index contributed by atoms with van der Waals surface area (Å²) >= 11 is 0. The van der Waals surface area contributed by atoms with Crippen LogP contribution in [0.2, 0.25) is 0 Å². The maximum Gasteiger partial charge on any atom is 0.389 e. The van der Waals surface area contributed by atoms with Crippen molar-refractivity contribution in [1.29, 1.82) is 0 Å². The third-order valence-corrected chi connectivity index (χ3v) is 3.10. The quantitative estimate of drug-likeness (QED) is 0.812. The molecule has 0 amide bonds. The summed E-state index contributed by atoms with van der Waals surface area (Å²) in [7, 11) is 1.28. The van der Waals surface area contributed by atoms with Crippen LogP contribution in [-0.4, -0.2) is 19.4 Å². The second-order valence-electron chi connectivity index (χ2n) is 4.57. The summed E-state index contributed by atoms with van der Waals surface area (Å²) < 4.78 is 21.1. The lowest BCUT2D eigenvalue weighted by atomic mass is 10.2. The predicted molar refractivity (Wildman–Crippen MR) is 74.8 cm³/mol. The lowest BCUT2D eigenvalue weighted by molar-refractivity contribution is -0.158. The van der Waals surface area contributed by atoms with Crippen molar-refractivity contribution in [3.8, 4) is 23.0 Å². The SMILES string of the molecule is COC(=O)[C@H]1Oc2ccc(Oc3ccccc3C)cc2O1. The number of carbonyl (C=O) groups is 1. The zero-order valence-corrected chi connectivity index (χ0v) is 11.7. The maximum absolute atomic E-state index is 11.4. The van der Waals surface area contributed by atoms with Crippen molar-refractivity contribution >= 4 is 5.97 Å². The molecule has 1 aliphatic rings. The molecule has 1 heterocycles. The van der Waals surface area contributed by atoms with E-state index in [9.17, 15) is 4.79 Å². The van der Waals surface area contributed by atoms with Gasteiger partial charge in [0.05, 0.1) is 7.11 Å². The number of hydrogen-bond acceptors (Lipinski definition) is 5. The van der Waals surface area contributed by atoms with Crippen LogP contribution in [0, 0.1) is 6.92 Å². The Morgan fingerprint density at radius 2 is 1.86 bits per heavy atom. The van der Waals surface area contributed by atoms with E-state index in [0.717, 1.165) is 11.3 Å². The third-order valence-electron chi connectivity index (χ3n) is 3.10. The van der Waals surface area contributed by atoms with Crippen LogP contribution in [0.25, 0.3) is 0 Å². The molecular formula is C16H14O5. The number of fused-ring (bicyclic) bond motifs is 1. The van der Waals surface area contributed by atoms with E-state index in [4.69, 9.17) is 14.2 Å². The number of esters is 1. The first-order chi connectivity index (χ1) is 10.2. The number of benzene rings is 2. The molecule has 2 aromatic rings. The van der Waals surface area contributed by atoms with E-state index in [0.29, 0.717) is 17.2 Å². The Labute approximate surface area is 122 Å². The summed E-state index contributed by atoms with van der Waals surface area (Å²) in [6.07, 6.45) is -1.06. The van der Waals surface area contributed by atoms with Gasteiger partial charge in [-0.2, -0.15) is 0 Å². The van der Waals surface area contributed by atoms with E-state index >= 15 is 0 Å². The molecule has 0 fully saturated rings. The average Bonchev–Trinajstić information content (AvgIpc) is 2.92. The molecule has 5 heteroatoms. The summed E-state index contributed by atoms with van der Waals surface area (Å²) in [5.74, 6) is 1.74. The Morgan fingerprint density at radius 3 is 2.62 bits per heavy atom. The van der Waals surface area contributed by atoms with Crippen LogP contribution in [-0.2, 0) is 9.53 Å². The summed E-state index contributed by atoms with van der Waals surface area (Å²) in [5.41, 5.74) is 1.03. The fourth-order valence-corrected chi connectivity index (χ4v) is 1.99. The predicted octanol–water partition coefficient (Wildman–Crippen LogP) is 3.06. The topological polar surface area (TPSA) is 54.0 Å². The van der Waals surface area contributed by atoms with Crippen molar-refractivity contribution in [2.45, 2.75) is 13.2 Å². The van der Waals surface area contributed by atoms with Gasteiger partial charge in [0.15, 0.2) is 11.5 Å². The molecule has 108 valence electrons. The fourth-order valence-electron chi connectivity index (χ4n) is 1.99. The van der Waals surface area contributed by atoms with Crippen molar-refractivity contribution in [2.24, 2.45) is 0 Å². The summed E-state index contributed by atoms with van der Waals surface area (Å²) in [6.45, 7) is 1.97. The second kappa shape index (κ2) is 5.36. The van der Waals surface area contributed by atoms with Gasteiger partial charge in [0.2, 0.25) is 0 Å². The normalized spacial score (nSPS) is 15.6. The van der Waals surface area contributed by atoms with Gasteiger partial charge in [0.1, 0.15) is 11.5 Å². The summed E-state index contributed by atoms with van der Waals surface area (Å²) in [6, 6.07) is 12.9. The van der Waals surface area contributed by atoms with Gasteiger partial charge in [-0.25, -0.2) is 4.79 Å². The van der Waals surface area contributed by atoms with Gasteiger partial charge >= 0.3 is 12.3 Å². The molecule has 0 spiro atoms. The monoisotopic (exact) mass is 286 g/mol. The van der Waals surface area contributed by atoms with Crippen LogP contribution >= 0.6 is 0 Å². The molecule has 1 aliphatic heterocycles. The Morgan fingerprint density at radius 1 is 1.10 bits per heavy atom. The molecular weight excluding hydrogens is 272 g/mol. The van der Waals surface area contributed by atoms with Crippen molar-refractivity contribution in [2.75, 3.05) is 7.11 Å². The van der Waals surface area contributed by atoms with Crippen molar-refractivity contribution in [3.63, 3.8) is 0 Å². The number of hydrogen-bond donors (Lipinski definition) is 0. The average molecular weight is 286 g/mol. The van der Waals surface area contributed by atoms with Crippen molar-refractivity contribution in [3.05, 3.63) is 48.0 Å². The second-order valence-corrected chi connectivity index (χ2v) is 4.57. The Kier molecular flexibility index (Phi) is 3.39. The minimum Gasteiger partial charge on any atom is -0.463 e. The summed E-state index contributed by atoms with van der Waals surface area (Å²) in [4.78, 5) is 11.4. The van der Waals surface area contributed by atoms with Crippen LogP contribution in [0.15, 0.2) is 42.5 Å². The van der Waals surface area contributed by atoms with Gasteiger partial charge in [-0.15, -0.1) is 0 Å². The minimum absolute atomic E-state index is 0.455. The first kappa shape index (κ1) is 13.3. The number of rotatable bonds is 3. The molecule has 0 saturated heterocycles. The van der Waals surface area contributed by atoms with Crippen LogP contribution in [0.1, 0.15) is 5.56 Å². The molecule has 0 aromatic heterocycles. The highest BCUT2D eigenvalue weighted by Crippen LogP contribution is 2.39. The molecule has 3 rings (SSSR count). The minimum atomic E-state index is -1.06. The highest BCUT2D eigenvalue weighted by molar-refractivity contribution is 5.75. The molecule has 0 N–H and O–H groups in total. The highest BCUT2D eigenvalue weighted by atomic mass is 16.7. The zero-order valence-electron chi connectivity index (χ0n) is 11.7. The maximum atomic E-state index is 11.4. The number of methoxy groups -OCH3 is 1. The first-order valence-corrected chi connectivity index (χ1v) is 6.46. The van der Waals surface area contributed by atoms with Gasteiger partial charge in [0.25, 0.3) is 0 Å². The van der Waals surface area contributed by atoms with Crippen molar-refractivity contribution < 1.29 is 23.7 Å². The van der Waals surface area contributed by atoms with E-state index in [1.165, 1.54) is 7.11 Å².